The summed E-state index contributed by atoms with van der Waals surface area (Å²) in [7, 11) is 0. The van der Waals surface area contributed by atoms with Crippen molar-refractivity contribution in [2.45, 2.75) is 18.2 Å². The molecule has 16 heavy (non-hydrogen) atoms. The number of nitrogens with zero attached hydrogens (tertiary/aromatic N) is 1. The second-order valence-electron chi connectivity index (χ2n) is 4.07. The van der Waals surface area contributed by atoms with Gasteiger partial charge in [0, 0.05) is 42.9 Å². The van der Waals surface area contributed by atoms with Gasteiger partial charge in [-0.05, 0) is 6.92 Å². The predicted molar refractivity (Wildman–Crippen MR) is 74.9 cm³/mol. The van der Waals surface area contributed by atoms with Crippen molar-refractivity contribution >= 4 is 41.8 Å². The Kier molecular flexibility index (Phi) is 6.32. The monoisotopic (exact) mass is 282 g/mol. The van der Waals surface area contributed by atoms with E-state index in [1.165, 1.54) is 5.75 Å². The topological polar surface area (TPSA) is 32.3 Å². The maximum atomic E-state index is 12.2. The molecule has 2 heterocycles. The van der Waals surface area contributed by atoms with E-state index in [1.807, 2.05) is 28.4 Å². The average Bonchev–Trinajstić information content (AvgIpc) is 2.29. The van der Waals surface area contributed by atoms with Crippen molar-refractivity contribution in [3.63, 3.8) is 0 Å². The SMILES string of the molecule is C[C@@H]1CN(C(=O)C2CSCCS2)CCN1.Cl. The van der Waals surface area contributed by atoms with Crippen molar-refractivity contribution in [3.8, 4) is 0 Å². The second-order valence-corrected chi connectivity index (χ2v) is 6.53. The lowest BCUT2D eigenvalue weighted by Gasteiger charge is -2.34. The maximum Gasteiger partial charge on any atom is 0.236 e. The van der Waals surface area contributed by atoms with Gasteiger partial charge in [0.25, 0.3) is 0 Å². The molecule has 0 saturated carbocycles. The standard InChI is InChI=1S/C10H18N2OS2.ClH/c1-8-6-12(3-2-11-8)10(13)9-7-14-4-5-15-9;/h8-9,11H,2-7H2,1H3;1H/t8-,9?;/m1./s1. The number of halogens is 1. The highest BCUT2D eigenvalue weighted by molar-refractivity contribution is 8.07. The highest BCUT2D eigenvalue weighted by Gasteiger charge is 2.28. The van der Waals surface area contributed by atoms with Crippen molar-refractivity contribution in [2.75, 3.05) is 36.9 Å². The number of hydrogen-bond donors (Lipinski definition) is 1. The van der Waals surface area contributed by atoms with E-state index in [9.17, 15) is 4.79 Å². The van der Waals surface area contributed by atoms with Crippen LogP contribution in [-0.2, 0) is 4.79 Å². The molecule has 2 aliphatic heterocycles. The van der Waals surface area contributed by atoms with Gasteiger partial charge in [0.15, 0.2) is 0 Å². The Labute approximate surface area is 112 Å². The maximum absolute atomic E-state index is 12.2. The Balaban J connectivity index is 0.00000128. The lowest BCUT2D eigenvalue weighted by molar-refractivity contribution is -0.131. The number of piperazine rings is 1. The van der Waals surface area contributed by atoms with Crippen LogP contribution in [0, 0.1) is 0 Å². The van der Waals surface area contributed by atoms with Crippen molar-refractivity contribution in [3.05, 3.63) is 0 Å². The molecular weight excluding hydrogens is 264 g/mol. The number of thioether (sulfide) groups is 2. The van der Waals surface area contributed by atoms with Crippen molar-refractivity contribution in [2.24, 2.45) is 0 Å². The lowest BCUT2D eigenvalue weighted by atomic mass is 10.2. The summed E-state index contributed by atoms with van der Waals surface area (Å²) in [6, 6.07) is 0.448. The average molecular weight is 283 g/mol. The first-order chi connectivity index (χ1) is 7.27. The van der Waals surface area contributed by atoms with Crippen molar-refractivity contribution in [1.82, 2.24) is 10.2 Å². The smallest absolute Gasteiger partial charge is 0.236 e. The van der Waals surface area contributed by atoms with Crippen LogP contribution in [0.1, 0.15) is 6.92 Å². The zero-order chi connectivity index (χ0) is 10.7. The minimum Gasteiger partial charge on any atom is -0.339 e. The van der Waals surface area contributed by atoms with E-state index in [-0.39, 0.29) is 17.7 Å². The molecular formula is C10H19ClN2OS2. The van der Waals surface area contributed by atoms with E-state index < -0.39 is 0 Å². The number of nitrogens with one attached hydrogen (secondary N) is 1. The van der Waals surface area contributed by atoms with Crippen LogP contribution in [0.5, 0.6) is 0 Å². The van der Waals surface area contributed by atoms with Gasteiger partial charge in [-0.2, -0.15) is 11.8 Å². The van der Waals surface area contributed by atoms with Gasteiger partial charge in [0.2, 0.25) is 5.91 Å². The van der Waals surface area contributed by atoms with Crippen LogP contribution in [0.25, 0.3) is 0 Å². The Morgan fingerprint density at radius 1 is 1.44 bits per heavy atom. The van der Waals surface area contributed by atoms with Crippen molar-refractivity contribution in [1.29, 1.82) is 0 Å². The normalized spacial score (nSPS) is 30.7. The quantitative estimate of drug-likeness (QED) is 0.780. The zero-order valence-corrected chi connectivity index (χ0v) is 11.9. The minimum absolute atomic E-state index is 0. The lowest BCUT2D eigenvalue weighted by Crippen LogP contribution is -2.53. The molecule has 2 aliphatic rings. The first-order valence-corrected chi connectivity index (χ1v) is 7.69. The summed E-state index contributed by atoms with van der Waals surface area (Å²) in [6.45, 7) is 4.84. The van der Waals surface area contributed by atoms with Crippen LogP contribution in [0.15, 0.2) is 0 Å². The summed E-state index contributed by atoms with van der Waals surface area (Å²) in [5.74, 6) is 3.69. The van der Waals surface area contributed by atoms with Crippen LogP contribution in [-0.4, -0.2) is 59.0 Å². The first-order valence-electron chi connectivity index (χ1n) is 5.49. The Morgan fingerprint density at radius 3 is 2.88 bits per heavy atom. The molecule has 0 radical (unpaired) electrons. The van der Waals surface area contributed by atoms with Crippen LogP contribution >= 0.6 is 35.9 Å². The highest BCUT2D eigenvalue weighted by Crippen LogP contribution is 2.25. The van der Waals surface area contributed by atoms with E-state index in [0.29, 0.717) is 11.9 Å². The molecule has 2 fully saturated rings. The molecule has 0 aliphatic carbocycles. The summed E-state index contributed by atoms with van der Waals surface area (Å²) in [5, 5.41) is 3.58. The molecule has 1 amide bonds. The molecule has 2 atom stereocenters. The molecule has 0 aromatic rings. The van der Waals surface area contributed by atoms with Gasteiger partial charge in [0.1, 0.15) is 0 Å². The second kappa shape index (κ2) is 6.99. The van der Waals surface area contributed by atoms with E-state index in [2.05, 4.69) is 12.2 Å². The van der Waals surface area contributed by atoms with Gasteiger partial charge in [-0.15, -0.1) is 24.2 Å². The molecule has 0 bridgehead atoms. The van der Waals surface area contributed by atoms with Gasteiger partial charge < -0.3 is 10.2 Å². The zero-order valence-electron chi connectivity index (χ0n) is 9.48. The van der Waals surface area contributed by atoms with Gasteiger partial charge in [-0.25, -0.2) is 0 Å². The highest BCUT2D eigenvalue weighted by atomic mass is 35.5. The third-order valence-corrected chi connectivity index (χ3v) is 5.51. The number of rotatable bonds is 1. The molecule has 6 heteroatoms. The van der Waals surface area contributed by atoms with E-state index >= 15 is 0 Å². The largest absolute Gasteiger partial charge is 0.339 e. The summed E-state index contributed by atoms with van der Waals surface area (Å²) >= 11 is 3.75. The van der Waals surface area contributed by atoms with E-state index in [0.717, 1.165) is 31.1 Å². The number of hydrogen-bond acceptors (Lipinski definition) is 4. The van der Waals surface area contributed by atoms with Crippen LogP contribution in [0.3, 0.4) is 0 Å². The molecule has 0 spiro atoms. The Morgan fingerprint density at radius 2 is 2.25 bits per heavy atom. The summed E-state index contributed by atoms with van der Waals surface area (Å²) < 4.78 is 0. The summed E-state index contributed by atoms with van der Waals surface area (Å²) in [6.07, 6.45) is 0. The third-order valence-electron chi connectivity index (χ3n) is 2.77. The number of amides is 1. The molecule has 1 N–H and O–H groups in total. The van der Waals surface area contributed by atoms with Gasteiger partial charge in [-0.3, -0.25) is 4.79 Å². The summed E-state index contributed by atoms with van der Waals surface area (Å²) in [4.78, 5) is 14.2. The van der Waals surface area contributed by atoms with Gasteiger partial charge in [0.05, 0.1) is 5.25 Å². The fourth-order valence-electron chi connectivity index (χ4n) is 1.97. The fraction of sp³-hybridized carbons (Fsp3) is 0.900. The molecule has 0 aromatic carbocycles. The number of carbonyl (C=O) groups excluding carboxylic acids is 1. The minimum atomic E-state index is 0. The Hall–Kier alpha value is 0.420. The van der Waals surface area contributed by atoms with Crippen LogP contribution in [0.2, 0.25) is 0 Å². The molecule has 2 rings (SSSR count). The third kappa shape index (κ3) is 3.72. The fourth-order valence-corrected chi connectivity index (χ4v) is 4.60. The van der Waals surface area contributed by atoms with Gasteiger partial charge in [-0.1, -0.05) is 0 Å². The molecule has 1 unspecified atom stereocenters. The molecule has 0 aromatic heterocycles. The predicted octanol–water partition coefficient (Wildman–Crippen LogP) is 1.08. The number of carbonyl (C=O) groups is 1. The van der Waals surface area contributed by atoms with Crippen LogP contribution < -0.4 is 5.32 Å². The first kappa shape index (κ1) is 14.5. The van der Waals surface area contributed by atoms with Crippen LogP contribution in [0.4, 0.5) is 0 Å². The van der Waals surface area contributed by atoms with E-state index in [4.69, 9.17) is 0 Å². The summed E-state index contributed by atoms with van der Waals surface area (Å²) in [5.41, 5.74) is 0. The molecule has 2 saturated heterocycles. The van der Waals surface area contributed by atoms with Crippen molar-refractivity contribution < 1.29 is 4.79 Å². The molecule has 3 nitrogen and oxygen atoms in total. The van der Waals surface area contributed by atoms with E-state index in [1.54, 1.807) is 0 Å². The molecule has 94 valence electrons. The van der Waals surface area contributed by atoms with Gasteiger partial charge >= 0.3 is 0 Å². The Bertz CT molecular complexity index is 237.